The lowest BCUT2D eigenvalue weighted by molar-refractivity contribution is -0.136. The number of carbonyl (C=O) groups excluding carboxylic acids is 2. The average molecular weight is 334 g/mol. The molecule has 0 N–H and O–H groups in total. The maximum atomic E-state index is 11.7. The Morgan fingerprint density at radius 2 is 1.46 bits per heavy atom. The van der Waals surface area contributed by atoms with Crippen molar-refractivity contribution in [3.8, 4) is 11.5 Å². The van der Waals surface area contributed by atoms with E-state index >= 15 is 0 Å². The molecule has 4 nitrogen and oxygen atoms in total. The van der Waals surface area contributed by atoms with Gasteiger partial charge in [-0.25, -0.2) is 0 Å². The van der Waals surface area contributed by atoms with E-state index in [-0.39, 0.29) is 24.8 Å². The van der Waals surface area contributed by atoms with Crippen molar-refractivity contribution >= 4 is 11.9 Å². The number of hydrogen-bond donors (Lipinski definition) is 0. The van der Waals surface area contributed by atoms with Crippen LogP contribution >= 0.6 is 0 Å². The van der Waals surface area contributed by atoms with Gasteiger partial charge in [-0.3, -0.25) is 9.59 Å². The SMILES string of the molecule is CCCCCCCCc1cccc(OC(=O)CC)c1OC(=O)CC. The van der Waals surface area contributed by atoms with E-state index in [1.54, 1.807) is 19.9 Å². The summed E-state index contributed by atoms with van der Waals surface area (Å²) in [5.41, 5.74) is 0.925. The van der Waals surface area contributed by atoms with Crippen LogP contribution in [0.15, 0.2) is 18.2 Å². The minimum atomic E-state index is -0.333. The fraction of sp³-hybridized carbons (Fsp3) is 0.600. The molecule has 0 heterocycles. The molecule has 0 aliphatic heterocycles. The van der Waals surface area contributed by atoms with Gasteiger partial charge in [0.1, 0.15) is 0 Å². The average Bonchev–Trinajstić information content (AvgIpc) is 2.59. The molecular formula is C20H30O4. The Morgan fingerprint density at radius 1 is 0.833 bits per heavy atom. The van der Waals surface area contributed by atoms with Gasteiger partial charge in [0.05, 0.1) is 0 Å². The smallest absolute Gasteiger partial charge is 0.311 e. The van der Waals surface area contributed by atoms with Gasteiger partial charge in [-0.1, -0.05) is 65.0 Å². The van der Waals surface area contributed by atoms with Crippen molar-refractivity contribution in [2.75, 3.05) is 0 Å². The number of ether oxygens (including phenoxy) is 2. The molecule has 0 aliphatic rings. The van der Waals surface area contributed by atoms with Crippen LogP contribution in [-0.4, -0.2) is 11.9 Å². The molecule has 0 atom stereocenters. The summed E-state index contributed by atoms with van der Waals surface area (Å²) in [5, 5.41) is 0. The fourth-order valence-corrected chi connectivity index (χ4v) is 2.43. The molecule has 134 valence electrons. The van der Waals surface area contributed by atoms with Gasteiger partial charge in [0.25, 0.3) is 0 Å². The second-order valence-corrected chi connectivity index (χ2v) is 5.92. The first-order valence-electron chi connectivity index (χ1n) is 9.15. The molecule has 4 heteroatoms. The first-order valence-corrected chi connectivity index (χ1v) is 9.15. The second kappa shape index (κ2) is 11.7. The highest BCUT2D eigenvalue weighted by atomic mass is 16.6. The molecule has 0 saturated heterocycles. The Hall–Kier alpha value is -1.84. The first kappa shape index (κ1) is 20.2. The zero-order chi connectivity index (χ0) is 17.8. The summed E-state index contributed by atoms with van der Waals surface area (Å²) in [6.07, 6.45) is 8.57. The van der Waals surface area contributed by atoms with E-state index in [0.29, 0.717) is 11.5 Å². The van der Waals surface area contributed by atoms with Crippen LogP contribution in [0.25, 0.3) is 0 Å². The van der Waals surface area contributed by atoms with E-state index in [9.17, 15) is 9.59 Å². The summed E-state index contributed by atoms with van der Waals surface area (Å²) in [7, 11) is 0. The van der Waals surface area contributed by atoms with E-state index in [0.717, 1.165) is 24.8 Å². The molecule has 0 amide bonds. The van der Waals surface area contributed by atoms with Crippen LogP contribution in [0.1, 0.15) is 77.7 Å². The molecule has 0 radical (unpaired) electrons. The summed E-state index contributed by atoms with van der Waals surface area (Å²) >= 11 is 0. The molecule has 0 aliphatic carbocycles. The Morgan fingerprint density at radius 3 is 2.12 bits per heavy atom. The van der Waals surface area contributed by atoms with Gasteiger partial charge in [-0.2, -0.15) is 0 Å². The van der Waals surface area contributed by atoms with Crippen molar-refractivity contribution in [1.82, 2.24) is 0 Å². The number of rotatable bonds is 11. The zero-order valence-electron chi connectivity index (χ0n) is 15.2. The standard InChI is InChI=1S/C20H30O4/c1-4-7-8-9-10-11-13-16-14-12-15-17(23-18(21)5-2)20(16)24-19(22)6-3/h12,14-15H,4-11,13H2,1-3H3. The highest BCUT2D eigenvalue weighted by Crippen LogP contribution is 2.33. The summed E-state index contributed by atoms with van der Waals surface area (Å²) in [5.74, 6) is 0.0894. The molecule has 0 unspecified atom stereocenters. The van der Waals surface area contributed by atoms with Gasteiger partial charge in [0.2, 0.25) is 0 Å². The van der Waals surface area contributed by atoms with E-state index in [4.69, 9.17) is 9.47 Å². The van der Waals surface area contributed by atoms with Crippen LogP contribution in [0.5, 0.6) is 11.5 Å². The van der Waals surface area contributed by atoms with Crippen molar-refractivity contribution < 1.29 is 19.1 Å². The molecule has 0 spiro atoms. The quantitative estimate of drug-likeness (QED) is 0.316. The number of aryl methyl sites for hydroxylation is 1. The minimum Gasteiger partial charge on any atom is -0.423 e. The molecule has 0 bridgehead atoms. The van der Waals surface area contributed by atoms with Gasteiger partial charge in [-0.15, -0.1) is 0 Å². The van der Waals surface area contributed by atoms with Crippen LogP contribution in [-0.2, 0) is 16.0 Å². The monoisotopic (exact) mass is 334 g/mol. The van der Waals surface area contributed by atoms with Gasteiger partial charge < -0.3 is 9.47 Å². The minimum absolute atomic E-state index is 0.281. The van der Waals surface area contributed by atoms with Crippen molar-refractivity contribution in [3.05, 3.63) is 23.8 Å². The first-order chi connectivity index (χ1) is 11.6. The number of benzene rings is 1. The molecule has 0 aromatic heterocycles. The molecule has 1 aromatic rings. The Kier molecular flexibility index (Phi) is 9.81. The number of para-hydroxylation sites is 1. The van der Waals surface area contributed by atoms with Gasteiger partial charge in [0.15, 0.2) is 11.5 Å². The third-order valence-electron chi connectivity index (χ3n) is 3.88. The van der Waals surface area contributed by atoms with Crippen LogP contribution in [0.4, 0.5) is 0 Å². The third-order valence-corrected chi connectivity index (χ3v) is 3.88. The van der Waals surface area contributed by atoms with Crippen molar-refractivity contribution in [1.29, 1.82) is 0 Å². The molecular weight excluding hydrogens is 304 g/mol. The number of hydrogen-bond acceptors (Lipinski definition) is 4. The van der Waals surface area contributed by atoms with Gasteiger partial charge in [0, 0.05) is 12.8 Å². The summed E-state index contributed by atoms with van der Waals surface area (Å²) in [6.45, 7) is 5.69. The molecule has 1 rings (SSSR count). The normalized spacial score (nSPS) is 10.5. The second-order valence-electron chi connectivity index (χ2n) is 5.92. The summed E-state index contributed by atoms with van der Waals surface area (Å²) in [6, 6.07) is 5.46. The fourth-order valence-electron chi connectivity index (χ4n) is 2.43. The Bertz CT molecular complexity index is 522. The number of carbonyl (C=O) groups is 2. The number of unbranched alkanes of at least 4 members (excludes halogenated alkanes) is 5. The lowest BCUT2D eigenvalue weighted by Gasteiger charge is -2.14. The maximum absolute atomic E-state index is 11.7. The van der Waals surface area contributed by atoms with Crippen LogP contribution in [0.2, 0.25) is 0 Å². The zero-order valence-corrected chi connectivity index (χ0v) is 15.2. The summed E-state index contributed by atoms with van der Waals surface area (Å²) in [4.78, 5) is 23.3. The Labute approximate surface area is 145 Å². The molecule has 24 heavy (non-hydrogen) atoms. The lowest BCUT2D eigenvalue weighted by Crippen LogP contribution is -2.12. The maximum Gasteiger partial charge on any atom is 0.311 e. The van der Waals surface area contributed by atoms with E-state index in [2.05, 4.69) is 6.92 Å². The van der Waals surface area contributed by atoms with E-state index < -0.39 is 0 Å². The predicted molar refractivity (Wildman–Crippen MR) is 95.4 cm³/mol. The third kappa shape index (κ3) is 7.16. The largest absolute Gasteiger partial charge is 0.423 e. The van der Waals surface area contributed by atoms with E-state index in [1.165, 1.54) is 25.7 Å². The predicted octanol–water partition coefficient (Wildman–Crippen LogP) is 5.22. The molecule has 0 saturated carbocycles. The van der Waals surface area contributed by atoms with Gasteiger partial charge in [-0.05, 0) is 24.5 Å². The molecule has 0 fully saturated rings. The van der Waals surface area contributed by atoms with E-state index in [1.807, 2.05) is 12.1 Å². The van der Waals surface area contributed by atoms with Crippen molar-refractivity contribution in [3.63, 3.8) is 0 Å². The van der Waals surface area contributed by atoms with Crippen molar-refractivity contribution in [2.24, 2.45) is 0 Å². The highest BCUT2D eigenvalue weighted by molar-refractivity contribution is 5.76. The van der Waals surface area contributed by atoms with Crippen LogP contribution < -0.4 is 9.47 Å². The Balaban J connectivity index is 2.78. The van der Waals surface area contributed by atoms with Gasteiger partial charge >= 0.3 is 11.9 Å². The number of esters is 2. The summed E-state index contributed by atoms with van der Waals surface area (Å²) < 4.78 is 10.8. The topological polar surface area (TPSA) is 52.6 Å². The van der Waals surface area contributed by atoms with Crippen molar-refractivity contribution in [2.45, 2.75) is 78.6 Å². The lowest BCUT2D eigenvalue weighted by atomic mass is 10.0. The highest BCUT2D eigenvalue weighted by Gasteiger charge is 2.16. The van der Waals surface area contributed by atoms with Crippen LogP contribution in [0.3, 0.4) is 0 Å². The van der Waals surface area contributed by atoms with Crippen LogP contribution in [0, 0.1) is 0 Å². The molecule has 1 aromatic carbocycles.